The van der Waals surface area contributed by atoms with Gasteiger partial charge in [-0.25, -0.2) is 4.98 Å². The molecule has 27 heavy (non-hydrogen) atoms. The Hall–Kier alpha value is -3.32. The Labute approximate surface area is 159 Å². The number of ether oxygens (including phenoxy) is 2. The van der Waals surface area contributed by atoms with Gasteiger partial charge in [0.15, 0.2) is 10.9 Å². The number of benzene rings is 2. The summed E-state index contributed by atoms with van der Waals surface area (Å²) < 4.78 is 16.2. The van der Waals surface area contributed by atoms with Crippen LogP contribution in [0.5, 0.6) is 11.5 Å². The predicted octanol–water partition coefficient (Wildman–Crippen LogP) is 4.83. The van der Waals surface area contributed by atoms with E-state index in [9.17, 15) is 4.79 Å². The number of methoxy groups -OCH3 is 2. The normalized spacial score (nSPS) is 10.7. The van der Waals surface area contributed by atoms with Crippen LogP contribution in [0.4, 0.5) is 5.13 Å². The topological polar surface area (TPSA) is 73.6 Å². The molecule has 0 saturated heterocycles. The third kappa shape index (κ3) is 3.50. The Kier molecular flexibility index (Phi) is 4.52. The Morgan fingerprint density at radius 1 is 1.04 bits per heavy atom. The quantitative estimate of drug-likeness (QED) is 0.537. The highest BCUT2D eigenvalue weighted by molar-refractivity contribution is 7.14. The average Bonchev–Trinajstić information content (AvgIpc) is 3.33. The summed E-state index contributed by atoms with van der Waals surface area (Å²) in [5.74, 6) is 1.84. The summed E-state index contributed by atoms with van der Waals surface area (Å²) in [6.45, 7) is 0. The molecule has 0 saturated carbocycles. The van der Waals surface area contributed by atoms with Gasteiger partial charge in [-0.05, 0) is 42.5 Å². The van der Waals surface area contributed by atoms with Crippen LogP contribution in [0, 0.1) is 0 Å². The summed E-state index contributed by atoms with van der Waals surface area (Å²) in [6, 6.07) is 14.4. The lowest BCUT2D eigenvalue weighted by Gasteiger charge is -2.03. The summed E-state index contributed by atoms with van der Waals surface area (Å²) in [5, 5.41) is 6.11. The molecule has 0 radical (unpaired) electrons. The number of hydrogen-bond donors (Lipinski definition) is 1. The van der Waals surface area contributed by atoms with Gasteiger partial charge in [0.2, 0.25) is 0 Å². The number of hydrogen-bond acceptors (Lipinski definition) is 6. The molecule has 0 aliphatic heterocycles. The van der Waals surface area contributed by atoms with E-state index in [2.05, 4.69) is 10.3 Å². The molecule has 1 amide bonds. The van der Waals surface area contributed by atoms with E-state index in [-0.39, 0.29) is 5.91 Å². The molecule has 0 aliphatic carbocycles. The second-order valence-corrected chi connectivity index (χ2v) is 6.59. The molecule has 0 bridgehead atoms. The molecule has 2 aromatic heterocycles. The molecule has 0 fully saturated rings. The summed E-state index contributed by atoms with van der Waals surface area (Å²) in [5.41, 5.74) is 1.92. The van der Waals surface area contributed by atoms with E-state index < -0.39 is 0 Å². The van der Waals surface area contributed by atoms with E-state index in [4.69, 9.17) is 13.9 Å². The lowest BCUT2D eigenvalue weighted by atomic mass is 10.2. The van der Waals surface area contributed by atoms with Crippen LogP contribution in [0.15, 0.2) is 58.3 Å². The fraction of sp³-hybridized carbons (Fsp3) is 0.100. The van der Waals surface area contributed by atoms with Crippen LogP contribution in [-0.4, -0.2) is 25.1 Å². The predicted molar refractivity (Wildman–Crippen MR) is 105 cm³/mol. The second kappa shape index (κ2) is 7.13. The van der Waals surface area contributed by atoms with Gasteiger partial charge in [0.1, 0.15) is 22.8 Å². The SMILES string of the molecule is COc1ccc(C(=O)Nc2nc(-c3cc4ccc(OC)cc4o3)cs2)cc1. The number of nitrogens with one attached hydrogen (secondary N) is 1. The molecule has 7 heteroatoms. The van der Waals surface area contributed by atoms with E-state index in [0.717, 1.165) is 16.7 Å². The fourth-order valence-corrected chi connectivity index (χ4v) is 3.32. The van der Waals surface area contributed by atoms with Crippen LogP contribution >= 0.6 is 11.3 Å². The summed E-state index contributed by atoms with van der Waals surface area (Å²) in [4.78, 5) is 16.8. The van der Waals surface area contributed by atoms with Gasteiger partial charge in [0, 0.05) is 22.4 Å². The van der Waals surface area contributed by atoms with Crippen molar-refractivity contribution in [3.8, 4) is 23.0 Å². The number of furan rings is 1. The van der Waals surface area contributed by atoms with Crippen molar-refractivity contribution in [3.05, 3.63) is 59.5 Å². The molecule has 0 unspecified atom stereocenters. The molecule has 4 rings (SSSR count). The van der Waals surface area contributed by atoms with Crippen molar-refractivity contribution < 1.29 is 18.7 Å². The van der Waals surface area contributed by atoms with E-state index in [1.807, 2.05) is 29.6 Å². The maximum absolute atomic E-state index is 12.3. The number of carbonyl (C=O) groups is 1. The molecule has 4 aromatic rings. The van der Waals surface area contributed by atoms with Crippen molar-refractivity contribution in [3.63, 3.8) is 0 Å². The first-order valence-electron chi connectivity index (χ1n) is 8.15. The largest absolute Gasteiger partial charge is 0.497 e. The van der Waals surface area contributed by atoms with Crippen molar-refractivity contribution in [1.82, 2.24) is 4.98 Å². The number of amides is 1. The maximum atomic E-state index is 12.3. The number of fused-ring (bicyclic) bond motifs is 1. The average molecular weight is 380 g/mol. The van der Waals surface area contributed by atoms with Crippen LogP contribution in [0.2, 0.25) is 0 Å². The molecule has 2 heterocycles. The van der Waals surface area contributed by atoms with E-state index in [1.54, 1.807) is 38.5 Å². The van der Waals surface area contributed by atoms with Gasteiger partial charge in [-0.15, -0.1) is 11.3 Å². The molecular weight excluding hydrogens is 364 g/mol. The van der Waals surface area contributed by atoms with Crippen LogP contribution in [0.25, 0.3) is 22.4 Å². The van der Waals surface area contributed by atoms with Crippen LogP contribution in [-0.2, 0) is 0 Å². The summed E-state index contributed by atoms with van der Waals surface area (Å²) in [7, 11) is 3.20. The number of rotatable bonds is 5. The van der Waals surface area contributed by atoms with Crippen LogP contribution in [0.3, 0.4) is 0 Å². The van der Waals surface area contributed by atoms with Crippen molar-refractivity contribution in [2.75, 3.05) is 19.5 Å². The molecule has 0 aliphatic rings. The molecular formula is C20H16N2O4S. The fourth-order valence-electron chi connectivity index (χ4n) is 2.62. The molecule has 0 atom stereocenters. The van der Waals surface area contributed by atoms with Crippen molar-refractivity contribution in [1.29, 1.82) is 0 Å². The standard InChI is InChI=1S/C20H16N2O4S/c1-24-14-6-3-12(4-7-14)19(23)22-20-21-16(11-27-20)18-9-13-5-8-15(25-2)10-17(13)26-18/h3-11H,1-2H3,(H,21,22,23). The van der Waals surface area contributed by atoms with Crippen molar-refractivity contribution >= 4 is 33.3 Å². The summed E-state index contributed by atoms with van der Waals surface area (Å²) in [6.07, 6.45) is 0. The minimum atomic E-state index is -0.229. The smallest absolute Gasteiger partial charge is 0.257 e. The first-order valence-corrected chi connectivity index (χ1v) is 9.03. The minimum Gasteiger partial charge on any atom is -0.497 e. The van der Waals surface area contributed by atoms with E-state index in [0.29, 0.717) is 27.9 Å². The molecule has 6 nitrogen and oxygen atoms in total. The second-order valence-electron chi connectivity index (χ2n) is 5.73. The first kappa shape index (κ1) is 17.1. The van der Waals surface area contributed by atoms with Gasteiger partial charge in [0.25, 0.3) is 5.91 Å². The minimum absolute atomic E-state index is 0.229. The third-order valence-electron chi connectivity index (χ3n) is 4.06. The highest BCUT2D eigenvalue weighted by Gasteiger charge is 2.13. The lowest BCUT2D eigenvalue weighted by molar-refractivity contribution is 0.102. The molecule has 1 N–H and O–H groups in total. The zero-order chi connectivity index (χ0) is 18.8. The van der Waals surface area contributed by atoms with Gasteiger partial charge in [-0.1, -0.05) is 0 Å². The number of thiazole rings is 1. The Morgan fingerprint density at radius 2 is 1.78 bits per heavy atom. The monoisotopic (exact) mass is 380 g/mol. The van der Waals surface area contributed by atoms with Crippen LogP contribution < -0.4 is 14.8 Å². The van der Waals surface area contributed by atoms with E-state index >= 15 is 0 Å². The highest BCUT2D eigenvalue weighted by Crippen LogP contribution is 2.32. The van der Waals surface area contributed by atoms with Crippen LogP contribution in [0.1, 0.15) is 10.4 Å². The zero-order valence-electron chi connectivity index (χ0n) is 14.7. The lowest BCUT2D eigenvalue weighted by Crippen LogP contribution is -2.11. The van der Waals surface area contributed by atoms with Gasteiger partial charge in [-0.3, -0.25) is 10.1 Å². The Morgan fingerprint density at radius 3 is 2.52 bits per heavy atom. The van der Waals surface area contributed by atoms with Crippen molar-refractivity contribution in [2.24, 2.45) is 0 Å². The number of carbonyl (C=O) groups excluding carboxylic acids is 1. The first-order chi connectivity index (χ1) is 13.2. The number of nitrogens with zero attached hydrogens (tertiary/aromatic N) is 1. The molecule has 0 spiro atoms. The zero-order valence-corrected chi connectivity index (χ0v) is 15.5. The highest BCUT2D eigenvalue weighted by atomic mass is 32.1. The van der Waals surface area contributed by atoms with Gasteiger partial charge in [-0.2, -0.15) is 0 Å². The number of anilines is 1. The van der Waals surface area contributed by atoms with Gasteiger partial charge in [0.05, 0.1) is 14.2 Å². The molecule has 136 valence electrons. The van der Waals surface area contributed by atoms with Gasteiger partial charge >= 0.3 is 0 Å². The van der Waals surface area contributed by atoms with Crippen molar-refractivity contribution in [2.45, 2.75) is 0 Å². The summed E-state index contributed by atoms with van der Waals surface area (Å²) >= 11 is 1.34. The molecule has 2 aromatic carbocycles. The maximum Gasteiger partial charge on any atom is 0.257 e. The third-order valence-corrected chi connectivity index (χ3v) is 4.81. The Balaban J connectivity index is 1.53. The number of aromatic nitrogens is 1. The van der Waals surface area contributed by atoms with Gasteiger partial charge < -0.3 is 13.9 Å². The Bertz CT molecular complexity index is 1100. The van der Waals surface area contributed by atoms with E-state index in [1.165, 1.54) is 11.3 Å².